The molecule has 2 radical (unpaired) electrons. The van der Waals surface area contributed by atoms with E-state index in [9.17, 15) is 0 Å². The Morgan fingerprint density at radius 3 is 1.82 bits per heavy atom. The van der Waals surface area contributed by atoms with Crippen LogP contribution in [0.5, 0.6) is 0 Å². The van der Waals surface area contributed by atoms with Crippen LogP contribution in [0, 0.1) is 0 Å². The maximum Gasteiger partial charge on any atom is 0.110 e. The third-order valence-corrected chi connectivity index (χ3v) is 3.51. The van der Waals surface area contributed by atoms with E-state index >= 15 is 0 Å². The Kier molecular flexibility index (Phi) is 4.09. The monoisotopic (exact) mass is 239 g/mol. The number of nitrogens with one attached hydrogen (secondary N) is 1. The molecule has 5 heteroatoms. The Bertz CT molecular complexity index is 286. The van der Waals surface area contributed by atoms with Gasteiger partial charge in [0.15, 0.2) is 0 Å². The van der Waals surface area contributed by atoms with Crippen LogP contribution in [-0.4, -0.2) is 54.6 Å². The van der Waals surface area contributed by atoms with E-state index in [0.29, 0.717) is 0 Å². The topological polar surface area (TPSA) is 61.7 Å². The zero-order chi connectivity index (χ0) is 13.3. The van der Waals surface area contributed by atoms with Crippen LogP contribution in [0.3, 0.4) is 0 Å². The van der Waals surface area contributed by atoms with Gasteiger partial charge in [-0.1, -0.05) is 11.5 Å². The molecule has 0 atom stereocenters. The predicted molar refractivity (Wildman–Crippen MR) is 68.0 cm³/mol. The van der Waals surface area contributed by atoms with Crippen molar-refractivity contribution in [1.82, 2.24) is 5.32 Å². The van der Waals surface area contributed by atoms with E-state index in [1.165, 1.54) is 0 Å². The van der Waals surface area contributed by atoms with Crippen molar-refractivity contribution in [1.29, 1.82) is 0 Å². The second-order valence-corrected chi connectivity index (χ2v) is 5.73. The Balaban J connectivity index is 0.000000172. The first-order chi connectivity index (χ1) is 7.58. The molecule has 0 aliphatic carbocycles. The van der Waals surface area contributed by atoms with Gasteiger partial charge in [0.1, 0.15) is 7.85 Å². The van der Waals surface area contributed by atoms with Gasteiger partial charge in [-0.05, 0) is 27.7 Å². The lowest BCUT2D eigenvalue weighted by Gasteiger charge is -2.40. The van der Waals surface area contributed by atoms with Crippen LogP contribution < -0.4 is 5.32 Å². The average Bonchev–Trinajstić information content (AvgIpc) is 2.43. The minimum Gasteiger partial charge on any atom is -0.387 e. The fourth-order valence-electron chi connectivity index (χ4n) is 1.23. The zero-order valence-electron chi connectivity index (χ0n) is 11.1. The molecular weight excluding hydrogens is 217 g/mol. The van der Waals surface area contributed by atoms with Gasteiger partial charge in [0.05, 0.1) is 30.0 Å². The first-order valence-electron chi connectivity index (χ1n) is 5.82. The molecule has 2 aliphatic rings. The van der Waals surface area contributed by atoms with Gasteiger partial charge in [-0.15, -0.1) is 0 Å². The third kappa shape index (κ3) is 3.31. The summed E-state index contributed by atoms with van der Waals surface area (Å²) in [4.78, 5) is 0. The van der Waals surface area contributed by atoms with Crippen LogP contribution in [0.15, 0.2) is 11.5 Å². The summed E-state index contributed by atoms with van der Waals surface area (Å²) < 4.78 is 5.05. The van der Waals surface area contributed by atoms with E-state index in [1.807, 2.05) is 6.08 Å². The van der Waals surface area contributed by atoms with Gasteiger partial charge in [-0.3, -0.25) is 0 Å². The molecule has 3 N–H and O–H groups in total. The lowest BCUT2D eigenvalue weighted by molar-refractivity contribution is -0.107. The third-order valence-electron chi connectivity index (χ3n) is 3.51. The summed E-state index contributed by atoms with van der Waals surface area (Å²) in [5.74, 6) is 0. The van der Waals surface area contributed by atoms with E-state index in [2.05, 4.69) is 5.32 Å². The van der Waals surface area contributed by atoms with Crippen molar-refractivity contribution in [3.8, 4) is 0 Å². The number of hydrogen-bond acceptors (Lipinski definition) is 4. The SMILES string of the molecule is CC(C)(O)C(C)(C)O.[B]C1=CCNC12COC2. The molecule has 96 valence electrons. The molecule has 1 saturated heterocycles. The van der Waals surface area contributed by atoms with Gasteiger partial charge in [-0.25, -0.2) is 0 Å². The molecule has 0 bridgehead atoms. The zero-order valence-corrected chi connectivity index (χ0v) is 11.1. The predicted octanol–water partition coefficient (Wildman–Crippen LogP) is -0.0608. The molecule has 17 heavy (non-hydrogen) atoms. The van der Waals surface area contributed by atoms with Gasteiger partial charge < -0.3 is 20.3 Å². The molecule has 2 rings (SSSR count). The Morgan fingerprint density at radius 1 is 1.24 bits per heavy atom. The van der Waals surface area contributed by atoms with E-state index in [1.54, 1.807) is 27.7 Å². The van der Waals surface area contributed by atoms with Gasteiger partial charge in [0.25, 0.3) is 0 Å². The van der Waals surface area contributed by atoms with E-state index in [-0.39, 0.29) is 5.54 Å². The highest BCUT2D eigenvalue weighted by Gasteiger charge is 2.41. The smallest absolute Gasteiger partial charge is 0.110 e. The van der Waals surface area contributed by atoms with E-state index in [4.69, 9.17) is 22.8 Å². The minimum atomic E-state index is -1.01. The molecule has 0 aromatic carbocycles. The molecule has 1 spiro atoms. The van der Waals surface area contributed by atoms with Crippen LogP contribution in [0.2, 0.25) is 0 Å². The normalized spacial score (nSPS) is 22.6. The summed E-state index contributed by atoms with van der Waals surface area (Å²) in [6, 6.07) is 0. The molecule has 2 heterocycles. The molecule has 0 unspecified atom stereocenters. The van der Waals surface area contributed by atoms with Gasteiger partial charge >= 0.3 is 0 Å². The molecule has 0 aromatic rings. The van der Waals surface area contributed by atoms with Gasteiger partial charge in [-0.2, -0.15) is 0 Å². The standard InChI is InChI=1S/C6H8BNO.C6H14O2/c7-5-1-2-8-6(5)3-9-4-6;1-5(2,7)6(3,4)8/h1,8H,2-4H2;7-8H,1-4H3. The van der Waals surface area contributed by atoms with Crippen molar-refractivity contribution in [2.45, 2.75) is 44.4 Å². The summed E-state index contributed by atoms with van der Waals surface area (Å²) in [5.41, 5.74) is -1.02. The van der Waals surface area contributed by atoms with Crippen LogP contribution in [-0.2, 0) is 4.74 Å². The fourth-order valence-corrected chi connectivity index (χ4v) is 1.23. The van der Waals surface area contributed by atoms with Crippen molar-refractivity contribution in [3.63, 3.8) is 0 Å². The van der Waals surface area contributed by atoms with Crippen molar-refractivity contribution >= 4 is 7.85 Å². The first-order valence-corrected chi connectivity index (χ1v) is 5.82. The summed E-state index contributed by atoms with van der Waals surface area (Å²) >= 11 is 0. The van der Waals surface area contributed by atoms with Crippen LogP contribution in [0.1, 0.15) is 27.7 Å². The Labute approximate surface area is 104 Å². The highest BCUT2D eigenvalue weighted by molar-refractivity contribution is 6.23. The summed E-state index contributed by atoms with van der Waals surface area (Å²) in [7, 11) is 5.69. The Morgan fingerprint density at radius 2 is 1.71 bits per heavy atom. The van der Waals surface area contributed by atoms with Crippen LogP contribution in [0.25, 0.3) is 0 Å². The largest absolute Gasteiger partial charge is 0.387 e. The van der Waals surface area contributed by atoms with Crippen molar-refractivity contribution in [2.24, 2.45) is 0 Å². The fraction of sp³-hybridized carbons (Fsp3) is 0.833. The lowest BCUT2D eigenvalue weighted by Crippen LogP contribution is -2.59. The lowest BCUT2D eigenvalue weighted by atomic mass is 9.78. The highest BCUT2D eigenvalue weighted by Crippen LogP contribution is 2.26. The second kappa shape index (κ2) is 4.73. The summed E-state index contributed by atoms with van der Waals surface area (Å²) in [6.45, 7) is 8.69. The minimum absolute atomic E-state index is 0.0417. The van der Waals surface area contributed by atoms with E-state index < -0.39 is 11.2 Å². The summed E-state index contributed by atoms with van der Waals surface area (Å²) in [6.07, 6.45) is 2.02. The van der Waals surface area contributed by atoms with Crippen LogP contribution in [0.4, 0.5) is 0 Å². The van der Waals surface area contributed by atoms with Gasteiger partial charge in [0.2, 0.25) is 0 Å². The van der Waals surface area contributed by atoms with Gasteiger partial charge in [0, 0.05) is 6.54 Å². The highest BCUT2D eigenvalue weighted by atomic mass is 16.5. The maximum absolute atomic E-state index is 9.10. The van der Waals surface area contributed by atoms with Crippen LogP contribution >= 0.6 is 0 Å². The molecule has 4 nitrogen and oxygen atoms in total. The number of ether oxygens (including phenoxy) is 1. The maximum atomic E-state index is 9.10. The molecule has 1 fully saturated rings. The second-order valence-electron chi connectivity index (χ2n) is 5.73. The molecular formula is C12H22BNO3. The van der Waals surface area contributed by atoms with Crippen molar-refractivity contribution in [2.75, 3.05) is 19.8 Å². The Hall–Kier alpha value is -0.355. The average molecular weight is 239 g/mol. The molecule has 0 amide bonds. The quantitative estimate of drug-likeness (QED) is 0.561. The molecule has 0 saturated carbocycles. The first kappa shape index (κ1) is 14.7. The van der Waals surface area contributed by atoms with E-state index in [0.717, 1.165) is 25.2 Å². The van der Waals surface area contributed by atoms with Crippen molar-refractivity contribution in [3.05, 3.63) is 11.5 Å². The van der Waals surface area contributed by atoms with Crippen molar-refractivity contribution < 1.29 is 14.9 Å². The molecule has 2 aliphatic heterocycles. The number of aliphatic hydroxyl groups is 2. The number of hydrogen-bond donors (Lipinski definition) is 3. The number of rotatable bonds is 1. The molecule has 0 aromatic heterocycles. The summed E-state index contributed by atoms with van der Waals surface area (Å²) in [5, 5.41) is 21.5.